The zero-order chi connectivity index (χ0) is 18.1. The summed E-state index contributed by atoms with van der Waals surface area (Å²) in [7, 11) is 0. The molecule has 0 aliphatic carbocycles. The van der Waals surface area contributed by atoms with Crippen LogP contribution in [0.25, 0.3) is 22.3 Å². The zero-order valence-electron chi connectivity index (χ0n) is 14.4. The van der Waals surface area contributed by atoms with E-state index in [0.29, 0.717) is 11.5 Å². The molecule has 6 heteroatoms. The molecule has 4 rings (SSSR count). The van der Waals surface area contributed by atoms with Gasteiger partial charge in [0.05, 0.1) is 0 Å². The topological polar surface area (TPSA) is 81.0 Å². The third-order valence-corrected chi connectivity index (χ3v) is 4.14. The summed E-state index contributed by atoms with van der Waals surface area (Å²) in [5, 5.41) is 4.91. The van der Waals surface area contributed by atoms with Gasteiger partial charge in [0.25, 0.3) is 5.89 Å². The van der Waals surface area contributed by atoms with Crippen molar-refractivity contribution in [1.82, 2.24) is 15.1 Å². The van der Waals surface area contributed by atoms with Gasteiger partial charge in [-0.05, 0) is 37.1 Å². The van der Waals surface area contributed by atoms with E-state index < -0.39 is 5.97 Å². The number of aryl methyl sites for hydroxylation is 2. The molecule has 0 unspecified atom stereocenters. The van der Waals surface area contributed by atoms with Crippen LogP contribution in [-0.2, 0) is 11.3 Å². The molecule has 0 amide bonds. The summed E-state index contributed by atoms with van der Waals surface area (Å²) in [5.41, 5.74) is 4.40. The Bertz CT molecular complexity index is 1080. The molecular weight excluding hydrogens is 330 g/mol. The van der Waals surface area contributed by atoms with Gasteiger partial charge in [-0.3, -0.25) is 0 Å². The third kappa shape index (κ3) is 3.09. The van der Waals surface area contributed by atoms with Crippen molar-refractivity contribution in [3.05, 3.63) is 71.2 Å². The Hall–Kier alpha value is -3.41. The zero-order valence-corrected chi connectivity index (χ0v) is 14.4. The number of H-pyrrole nitrogens is 1. The van der Waals surface area contributed by atoms with Gasteiger partial charge in [0.2, 0.25) is 5.82 Å². The molecule has 130 valence electrons. The lowest BCUT2D eigenvalue weighted by Gasteiger charge is -1.98. The Morgan fingerprint density at radius 3 is 2.77 bits per heavy atom. The summed E-state index contributed by atoms with van der Waals surface area (Å²) in [5.74, 6) is 0.256. The van der Waals surface area contributed by atoms with E-state index >= 15 is 0 Å². The third-order valence-electron chi connectivity index (χ3n) is 4.14. The van der Waals surface area contributed by atoms with E-state index in [4.69, 9.17) is 9.26 Å². The van der Waals surface area contributed by atoms with Gasteiger partial charge in [0.1, 0.15) is 5.69 Å². The lowest BCUT2D eigenvalue weighted by Crippen LogP contribution is -2.05. The van der Waals surface area contributed by atoms with E-state index in [-0.39, 0.29) is 12.5 Å². The van der Waals surface area contributed by atoms with Crippen LogP contribution in [0.3, 0.4) is 0 Å². The summed E-state index contributed by atoms with van der Waals surface area (Å²) >= 11 is 0. The summed E-state index contributed by atoms with van der Waals surface area (Å²) in [6, 6.07) is 15.4. The van der Waals surface area contributed by atoms with Gasteiger partial charge in [0, 0.05) is 16.5 Å². The predicted octanol–water partition coefficient (Wildman–Crippen LogP) is 4.19. The van der Waals surface area contributed by atoms with Crippen LogP contribution in [-0.4, -0.2) is 21.1 Å². The number of nitrogens with one attached hydrogen (secondary N) is 1. The summed E-state index contributed by atoms with van der Waals surface area (Å²) < 4.78 is 10.4. The largest absolute Gasteiger partial charge is 0.451 e. The Morgan fingerprint density at radius 2 is 1.96 bits per heavy atom. The second-order valence-corrected chi connectivity index (χ2v) is 6.18. The lowest BCUT2D eigenvalue weighted by atomic mass is 10.1. The predicted molar refractivity (Wildman–Crippen MR) is 96.6 cm³/mol. The fourth-order valence-electron chi connectivity index (χ4n) is 2.93. The minimum absolute atomic E-state index is 0.0773. The molecule has 0 bridgehead atoms. The fraction of sp³-hybridized carbons (Fsp3) is 0.150. The van der Waals surface area contributed by atoms with Crippen LogP contribution in [0.1, 0.15) is 27.5 Å². The first-order valence-corrected chi connectivity index (χ1v) is 8.25. The normalized spacial score (nSPS) is 11.0. The summed E-state index contributed by atoms with van der Waals surface area (Å²) in [4.78, 5) is 19.7. The molecule has 0 radical (unpaired) electrons. The molecule has 0 aliphatic heterocycles. The van der Waals surface area contributed by atoms with Crippen LogP contribution >= 0.6 is 0 Å². The quantitative estimate of drug-likeness (QED) is 0.560. The number of esters is 1. The maximum atomic E-state index is 12.3. The van der Waals surface area contributed by atoms with Crippen molar-refractivity contribution >= 4 is 16.9 Å². The molecule has 6 nitrogen and oxygen atoms in total. The minimum Gasteiger partial charge on any atom is -0.451 e. The Morgan fingerprint density at radius 1 is 1.15 bits per heavy atom. The van der Waals surface area contributed by atoms with Crippen LogP contribution in [0.2, 0.25) is 0 Å². The lowest BCUT2D eigenvalue weighted by molar-refractivity contribution is 0.0424. The van der Waals surface area contributed by atoms with Crippen LogP contribution < -0.4 is 0 Å². The molecule has 2 heterocycles. The highest BCUT2D eigenvalue weighted by molar-refractivity contribution is 5.96. The summed E-state index contributed by atoms with van der Waals surface area (Å²) in [6.07, 6.45) is 0. The first-order chi connectivity index (χ1) is 12.6. The van der Waals surface area contributed by atoms with E-state index in [9.17, 15) is 4.79 Å². The van der Waals surface area contributed by atoms with E-state index in [1.165, 1.54) is 0 Å². The van der Waals surface area contributed by atoms with Gasteiger partial charge in [-0.2, -0.15) is 4.98 Å². The molecule has 4 aromatic rings. The molecule has 0 saturated heterocycles. The van der Waals surface area contributed by atoms with Crippen molar-refractivity contribution in [3.8, 4) is 11.4 Å². The number of rotatable bonds is 4. The first-order valence-electron chi connectivity index (χ1n) is 8.25. The Balaban J connectivity index is 1.48. The molecule has 2 aromatic carbocycles. The molecule has 0 aliphatic rings. The number of fused-ring (bicyclic) bond motifs is 1. The molecule has 0 spiro atoms. The number of carbonyl (C=O) groups excluding carboxylic acids is 1. The van der Waals surface area contributed by atoms with Crippen molar-refractivity contribution in [2.75, 3.05) is 0 Å². The number of nitrogens with zero attached hydrogens (tertiary/aromatic N) is 2. The highest BCUT2D eigenvalue weighted by Gasteiger charge is 2.15. The van der Waals surface area contributed by atoms with Crippen LogP contribution in [0.15, 0.2) is 53.1 Å². The number of carbonyl (C=O) groups is 1. The number of aromatic amines is 1. The van der Waals surface area contributed by atoms with Crippen LogP contribution in [0.5, 0.6) is 0 Å². The highest BCUT2D eigenvalue weighted by atomic mass is 16.6. The van der Waals surface area contributed by atoms with Crippen molar-refractivity contribution in [3.63, 3.8) is 0 Å². The first kappa shape index (κ1) is 16.1. The highest BCUT2D eigenvalue weighted by Crippen LogP contribution is 2.22. The van der Waals surface area contributed by atoms with E-state index in [1.807, 2.05) is 50.2 Å². The Kier molecular flexibility index (Phi) is 4.01. The maximum Gasteiger partial charge on any atom is 0.355 e. The van der Waals surface area contributed by atoms with E-state index in [1.54, 1.807) is 6.07 Å². The van der Waals surface area contributed by atoms with Crippen molar-refractivity contribution in [1.29, 1.82) is 0 Å². The number of ether oxygens (including phenoxy) is 1. The van der Waals surface area contributed by atoms with Crippen LogP contribution in [0, 0.1) is 13.8 Å². The monoisotopic (exact) mass is 347 g/mol. The molecular formula is C20H17N3O3. The van der Waals surface area contributed by atoms with Crippen LogP contribution in [0.4, 0.5) is 0 Å². The standard InChI is InChI=1S/C20H17N3O3/c1-12-8-13(2)15-10-17(21-16(15)9-12)20(24)25-11-18-22-19(23-26-18)14-6-4-3-5-7-14/h3-10,21H,11H2,1-2H3. The maximum absolute atomic E-state index is 12.3. The van der Waals surface area contributed by atoms with Gasteiger partial charge in [-0.1, -0.05) is 41.6 Å². The molecule has 0 saturated carbocycles. The average Bonchev–Trinajstić information content (AvgIpc) is 3.27. The second-order valence-electron chi connectivity index (χ2n) is 6.18. The van der Waals surface area contributed by atoms with Gasteiger partial charge in [-0.25, -0.2) is 4.79 Å². The molecule has 0 atom stereocenters. The number of benzene rings is 2. The van der Waals surface area contributed by atoms with Gasteiger partial charge in [0.15, 0.2) is 6.61 Å². The molecule has 0 fully saturated rings. The fourth-order valence-corrected chi connectivity index (χ4v) is 2.93. The second kappa shape index (κ2) is 6.48. The number of aromatic nitrogens is 3. The van der Waals surface area contributed by atoms with Crippen molar-refractivity contribution in [2.24, 2.45) is 0 Å². The van der Waals surface area contributed by atoms with Gasteiger partial charge < -0.3 is 14.2 Å². The Labute approximate surface area is 149 Å². The number of hydrogen-bond donors (Lipinski definition) is 1. The molecule has 2 aromatic heterocycles. The molecule has 26 heavy (non-hydrogen) atoms. The molecule has 1 N–H and O–H groups in total. The average molecular weight is 347 g/mol. The minimum atomic E-state index is -0.460. The van der Waals surface area contributed by atoms with Gasteiger partial charge in [-0.15, -0.1) is 0 Å². The van der Waals surface area contributed by atoms with E-state index in [0.717, 1.165) is 27.6 Å². The summed E-state index contributed by atoms with van der Waals surface area (Å²) in [6.45, 7) is 3.96. The van der Waals surface area contributed by atoms with Crippen molar-refractivity contribution < 1.29 is 14.1 Å². The smallest absolute Gasteiger partial charge is 0.355 e. The van der Waals surface area contributed by atoms with Crippen molar-refractivity contribution in [2.45, 2.75) is 20.5 Å². The van der Waals surface area contributed by atoms with E-state index in [2.05, 4.69) is 21.2 Å². The van der Waals surface area contributed by atoms with Gasteiger partial charge >= 0.3 is 5.97 Å². The SMILES string of the molecule is Cc1cc(C)c2cc(C(=O)OCc3nc(-c4ccccc4)no3)[nH]c2c1. The number of hydrogen-bond acceptors (Lipinski definition) is 5.